The quantitative estimate of drug-likeness (QED) is 0.309. The van der Waals surface area contributed by atoms with Crippen LogP contribution in [0, 0.1) is 22.0 Å². The van der Waals surface area contributed by atoms with Gasteiger partial charge in [0.15, 0.2) is 0 Å². The average molecular weight is 376 g/mol. The number of hydrogen-bond acceptors (Lipinski definition) is 3. The molecule has 1 aliphatic rings. The third-order valence-corrected chi connectivity index (χ3v) is 11.9. The van der Waals surface area contributed by atoms with Gasteiger partial charge in [-0.15, -0.1) is 12.3 Å². The van der Waals surface area contributed by atoms with Gasteiger partial charge in [-0.2, -0.15) is 0 Å². The van der Waals surface area contributed by atoms with Gasteiger partial charge in [0.2, 0.25) is 6.54 Å². The maximum Gasteiger partial charge on any atom is 0.206 e. The van der Waals surface area contributed by atoms with Crippen LogP contribution in [-0.2, 0) is 11.3 Å². The molecule has 0 N–H and O–H groups in total. The SMILES string of the molecule is C=C[Si]1([C@H]([C@H](C)C[N+](=O)[O-])[C@@H](C)COCc2ccccc2)CCCCC1. The fraction of sp³-hybridized carbons (Fsp3) is 0.619. The van der Waals surface area contributed by atoms with Crippen LogP contribution in [0.25, 0.3) is 0 Å². The van der Waals surface area contributed by atoms with E-state index in [9.17, 15) is 10.1 Å². The van der Waals surface area contributed by atoms with Gasteiger partial charge in [0.05, 0.1) is 14.7 Å². The second kappa shape index (κ2) is 10.0. The van der Waals surface area contributed by atoms with E-state index >= 15 is 0 Å². The molecular weight excluding hydrogens is 342 g/mol. The Balaban J connectivity index is 2.08. The highest BCUT2D eigenvalue weighted by Crippen LogP contribution is 2.46. The van der Waals surface area contributed by atoms with E-state index in [1.165, 1.54) is 36.9 Å². The molecule has 5 heteroatoms. The van der Waals surface area contributed by atoms with Crippen molar-refractivity contribution in [2.24, 2.45) is 11.8 Å². The van der Waals surface area contributed by atoms with Crippen LogP contribution in [-0.4, -0.2) is 26.1 Å². The van der Waals surface area contributed by atoms with E-state index in [1.807, 2.05) is 18.2 Å². The van der Waals surface area contributed by atoms with Crippen LogP contribution in [0.5, 0.6) is 0 Å². The molecule has 3 atom stereocenters. The van der Waals surface area contributed by atoms with Crippen molar-refractivity contribution < 1.29 is 9.66 Å². The molecule has 0 unspecified atom stereocenters. The van der Waals surface area contributed by atoms with E-state index in [4.69, 9.17) is 4.74 Å². The molecule has 1 saturated heterocycles. The third kappa shape index (κ3) is 5.51. The second-order valence-electron chi connectivity index (χ2n) is 7.99. The summed E-state index contributed by atoms with van der Waals surface area (Å²) in [4.78, 5) is 11.0. The molecule has 0 amide bonds. The molecule has 1 aliphatic heterocycles. The fourth-order valence-corrected chi connectivity index (χ4v) is 10.8. The first-order valence-corrected chi connectivity index (χ1v) is 12.4. The van der Waals surface area contributed by atoms with Crippen molar-refractivity contribution >= 4 is 8.07 Å². The third-order valence-electron chi connectivity index (χ3n) is 6.01. The first kappa shape index (κ1) is 20.8. The van der Waals surface area contributed by atoms with E-state index in [-0.39, 0.29) is 17.4 Å². The van der Waals surface area contributed by atoms with Crippen LogP contribution in [0.15, 0.2) is 42.6 Å². The molecule has 0 saturated carbocycles. The van der Waals surface area contributed by atoms with Gasteiger partial charge in [0.1, 0.15) is 0 Å². The van der Waals surface area contributed by atoms with Gasteiger partial charge in [0.25, 0.3) is 0 Å². The van der Waals surface area contributed by atoms with Gasteiger partial charge in [-0.3, -0.25) is 10.1 Å². The lowest BCUT2D eigenvalue weighted by Gasteiger charge is -2.44. The number of ether oxygens (including phenoxy) is 1. The van der Waals surface area contributed by atoms with E-state index in [0.717, 1.165) is 0 Å². The van der Waals surface area contributed by atoms with Crippen molar-refractivity contribution in [1.29, 1.82) is 0 Å². The van der Waals surface area contributed by atoms with E-state index in [1.54, 1.807) is 0 Å². The summed E-state index contributed by atoms with van der Waals surface area (Å²) < 4.78 is 6.02. The molecule has 0 radical (unpaired) electrons. The zero-order valence-corrected chi connectivity index (χ0v) is 17.2. The molecule has 0 aromatic heterocycles. The van der Waals surface area contributed by atoms with Crippen molar-refractivity contribution in [3.8, 4) is 0 Å². The zero-order valence-electron chi connectivity index (χ0n) is 16.2. The Morgan fingerprint density at radius 2 is 1.85 bits per heavy atom. The van der Waals surface area contributed by atoms with Crippen molar-refractivity contribution in [3.05, 3.63) is 58.3 Å². The zero-order chi connectivity index (χ0) is 19.0. The summed E-state index contributed by atoms with van der Waals surface area (Å²) in [5.41, 5.74) is 3.77. The Morgan fingerprint density at radius 1 is 1.19 bits per heavy atom. The summed E-state index contributed by atoms with van der Waals surface area (Å²) in [7, 11) is -1.73. The fourth-order valence-electron chi connectivity index (χ4n) is 4.97. The Hall–Kier alpha value is -1.46. The first-order valence-electron chi connectivity index (χ1n) is 9.85. The van der Waals surface area contributed by atoms with E-state index < -0.39 is 8.07 Å². The minimum Gasteiger partial charge on any atom is -0.376 e. The normalized spacial score (nSPS) is 20.1. The van der Waals surface area contributed by atoms with Gasteiger partial charge < -0.3 is 4.74 Å². The molecule has 26 heavy (non-hydrogen) atoms. The average Bonchev–Trinajstić information content (AvgIpc) is 2.63. The van der Waals surface area contributed by atoms with Gasteiger partial charge in [0, 0.05) is 17.4 Å². The smallest absolute Gasteiger partial charge is 0.206 e. The van der Waals surface area contributed by atoms with Crippen molar-refractivity contribution in [2.45, 2.75) is 57.3 Å². The Labute approximate surface area is 158 Å². The maximum atomic E-state index is 11.2. The lowest BCUT2D eigenvalue weighted by atomic mass is 9.97. The first-order chi connectivity index (χ1) is 12.5. The summed E-state index contributed by atoms with van der Waals surface area (Å²) in [6.07, 6.45) is 3.78. The lowest BCUT2D eigenvalue weighted by molar-refractivity contribution is -0.487. The van der Waals surface area contributed by atoms with Crippen LogP contribution in [0.4, 0.5) is 0 Å². The van der Waals surface area contributed by atoms with Crippen molar-refractivity contribution in [3.63, 3.8) is 0 Å². The highest BCUT2D eigenvalue weighted by atomic mass is 28.3. The molecule has 4 nitrogen and oxygen atoms in total. The van der Waals surface area contributed by atoms with Crippen LogP contribution >= 0.6 is 0 Å². The predicted molar refractivity (Wildman–Crippen MR) is 109 cm³/mol. The Morgan fingerprint density at radius 3 is 2.42 bits per heavy atom. The summed E-state index contributed by atoms with van der Waals surface area (Å²) in [5.74, 6) is 0.388. The lowest BCUT2D eigenvalue weighted by Crippen LogP contribution is -2.47. The molecule has 0 aliphatic carbocycles. The Kier molecular flexibility index (Phi) is 8.03. The highest BCUT2D eigenvalue weighted by Gasteiger charge is 2.45. The van der Waals surface area contributed by atoms with Gasteiger partial charge >= 0.3 is 0 Å². The second-order valence-corrected chi connectivity index (χ2v) is 12.5. The summed E-state index contributed by atoms with van der Waals surface area (Å²) >= 11 is 0. The molecule has 0 bridgehead atoms. The molecular formula is C21H33NO3Si. The summed E-state index contributed by atoms with van der Waals surface area (Å²) in [6.45, 7) is 9.80. The molecule has 1 aromatic carbocycles. The predicted octanol–water partition coefficient (Wildman–Crippen LogP) is 5.48. The van der Waals surface area contributed by atoms with E-state index in [2.05, 4.69) is 38.3 Å². The molecule has 2 rings (SSSR count). The number of nitrogens with zero attached hydrogens (tertiary/aromatic N) is 1. The molecule has 0 spiro atoms. The van der Waals surface area contributed by atoms with E-state index in [0.29, 0.717) is 24.7 Å². The molecule has 1 heterocycles. The summed E-state index contributed by atoms with van der Waals surface area (Å²) in [6, 6.07) is 12.6. The van der Waals surface area contributed by atoms with Gasteiger partial charge in [-0.25, -0.2) is 0 Å². The molecule has 1 aromatic rings. The number of rotatable bonds is 10. The van der Waals surface area contributed by atoms with Crippen LogP contribution in [0.3, 0.4) is 0 Å². The standard InChI is InChI=1S/C21H33NO3Si/c1-4-26(13-9-6-10-14-26)21(18(2)15-22(23)24)19(3)16-25-17-20-11-7-5-8-12-20/h4-5,7-8,11-12,18-19,21H,1,6,9-10,13-17H2,2-3H3/t18-,19+,21-/m1/s1. The molecule has 1 fully saturated rings. The monoisotopic (exact) mass is 375 g/mol. The maximum absolute atomic E-state index is 11.2. The minimum atomic E-state index is -1.73. The number of hydrogen-bond donors (Lipinski definition) is 0. The number of benzene rings is 1. The van der Waals surface area contributed by atoms with Gasteiger partial charge in [-0.05, 0) is 17.0 Å². The van der Waals surface area contributed by atoms with Crippen LogP contribution in [0.1, 0.15) is 38.7 Å². The summed E-state index contributed by atoms with van der Waals surface area (Å²) in [5, 5.41) is 11.2. The Bertz CT molecular complexity index is 572. The van der Waals surface area contributed by atoms with Crippen LogP contribution in [0.2, 0.25) is 17.6 Å². The molecule has 144 valence electrons. The van der Waals surface area contributed by atoms with Gasteiger partial charge in [-0.1, -0.05) is 75.5 Å². The topological polar surface area (TPSA) is 52.4 Å². The minimum absolute atomic E-state index is 0.0519. The van der Waals surface area contributed by atoms with Crippen LogP contribution < -0.4 is 0 Å². The number of nitro groups is 1. The van der Waals surface area contributed by atoms with Crippen molar-refractivity contribution in [1.82, 2.24) is 0 Å². The van der Waals surface area contributed by atoms with Crippen molar-refractivity contribution in [2.75, 3.05) is 13.2 Å². The largest absolute Gasteiger partial charge is 0.376 e. The highest BCUT2D eigenvalue weighted by molar-refractivity contribution is 6.86.